The number of rotatable bonds is 3. The van der Waals surface area contributed by atoms with Crippen molar-refractivity contribution in [3.05, 3.63) is 45.4 Å². The van der Waals surface area contributed by atoms with Crippen molar-refractivity contribution in [3.63, 3.8) is 0 Å². The molecule has 1 aromatic heterocycles. The van der Waals surface area contributed by atoms with Crippen LogP contribution < -0.4 is 5.32 Å². The number of halogens is 1. The highest BCUT2D eigenvalue weighted by Crippen LogP contribution is 2.21. The quantitative estimate of drug-likeness (QED) is 0.892. The van der Waals surface area contributed by atoms with Gasteiger partial charge in [-0.05, 0) is 49.1 Å². The molecule has 0 saturated carbocycles. The molecule has 1 N–H and O–H groups in total. The zero-order chi connectivity index (χ0) is 11.5. The van der Waals surface area contributed by atoms with E-state index in [-0.39, 0.29) is 0 Å². The van der Waals surface area contributed by atoms with Crippen molar-refractivity contribution in [2.24, 2.45) is 0 Å². The molecular weight excluding hydrogens is 240 g/mol. The van der Waals surface area contributed by atoms with Crippen LogP contribution in [0.2, 0.25) is 5.02 Å². The molecule has 0 aliphatic carbocycles. The third-order valence-electron chi connectivity index (χ3n) is 2.32. The maximum Gasteiger partial charge on any atom is 0.0514 e. The maximum atomic E-state index is 6.05. The molecule has 0 aliphatic rings. The molecule has 0 amide bonds. The van der Waals surface area contributed by atoms with Crippen LogP contribution in [0.4, 0.5) is 5.69 Å². The molecule has 0 saturated heterocycles. The van der Waals surface area contributed by atoms with Crippen molar-refractivity contribution in [3.8, 4) is 0 Å². The lowest BCUT2D eigenvalue weighted by atomic mass is 10.2. The largest absolute Gasteiger partial charge is 0.380 e. The van der Waals surface area contributed by atoms with Crippen LogP contribution in [0.15, 0.2) is 24.3 Å². The van der Waals surface area contributed by atoms with Crippen molar-refractivity contribution in [1.82, 2.24) is 4.37 Å². The Labute approximate surface area is 104 Å². The molecule has 2 nitrogen and oxygen atoms in total. The minimum absolute atomic E-state index is 0.797. The van der Waals surface area contributed by atoms with Crippen LogP contribution in [0.1, 0.15) is 16.1 Å². The van der Waals surface area contributed by atoms with E-state index >= 15 is 0 Å². The number of anilines is 1. The average Bonchev–Trinajstić information content (AvgIpc) is 2.66. The van der Waals surface area contributed by atoms with Gasteiger partial charge in [0.2, 0.25) is 0 Å². The number of nitrogens with zero attached hydrogens (tertiary/aromatic N) is 1. The summed E-state index contributed by atoms with van der Waals surface area (Å²) in [5.74, 6) is 0. The molecule has 16 heavy (non-hydrogen) atoms. The lowest BCUT2D eigenvalue weighted by Gasteiger charge is -2.06. The van der Waals surface area contributed by atoms with Gasteiger partial charge in [-0.3, -0.25) is 0 Å². The van der Waals surface area contributed by atoms with Crippen LogP contribution in [0.25, 0.3) is 0 Å². The summed E-state index contributed by atoms with van der Waals surface area (Å²) in [5, 5.41) is 4.13. The summed E-state index contributed by atoms with van der Waals surface area (Å²) < 4.78 is 4.24. The van der Waals surface area contributed by atoms with Crippen LogP contribution >= 0.6 is 23.1 Å². The first-order valence-corrected chi connectivity index (χ1v) is 6.22. The molecule has 0 spiro atoms. The average molecular weight is 253 g/mol. The molecule has 0 atom stereocenters. The molecule has 0 radical (unpaired) electrons. The molecule has 84 valence electrons. The van der Waals surface area contributed by atoms with Gasteiger partial charge in [-0.15, -0.1) is 0 Å². The summed E-state index contributed by atoms with van der Waals surface area (Å²) in [6.45, 7) is 4.80. The molecular formula is C12H13ClN2S. The van der Waals surface area contributed by atoms with E-state index in [9.17, 15) is 0 Å². The Morgan fingerprint density at radius 1 is 1.31 bits per heavy atom. The third-order valence-corrected chi connectivity index (χ3v) is 3.60. The summed E-state index contributed by atoms with van der Waals surface area (Å²) >= 11 is 7.58. The fourth-order valence-electron chi connectivity index (χ4n) is 1.39. The summed E-state index contributed by atoms with van der Waals surface area (Å²) in [5.41, 5.74) is 3.21. The maximum absolute atomic E-state index is 6.05. The van der Waals surface area contributed by atoms with Crippen LogP contribution in [-0.2, 0) is 6.54 Å². The van der Waals surface area contributed by atoms with Gasteiger partial charge in [0.25, 0.3) is 0 Å². The summed E-state index contributed by atoms with van der Waals surface area (Å²) in [6, 6.07) is 8.09. The number of aryl methyl sites for hydroxylation is 2. The third kappa shape index (κ3) is 2.74. The highest BCUT2D eigenvalue weighted by Gasteiger charge is 2.00. The van der Waals surface area contributed by atoms with Gasteiger partial charge in [0, 0.05) is 15.6 Å². The highest BCUT2D eigenvalue weighted by molar-refractivity contribution is 7.05. The smallest absolute Gasteiger partial charge is 0.0514 e. The second kappa shape index (κ2) is 4.85. The van der Waals surface area contributed by atoms with E-state index in [1.54, 1.807) is 0 Å². The second-order valence-corrected chi connectivity index (χ2v) is 5.05. The zero-order valence-corrected chi connectivity index (χ0v) is 10.8. The van der Waals surface area contributed by atoms with Crippen molar-refractivity contribution >= 4 is 28.8 Å². The number of aromatic nitrogens is 1. The van der Waals surface area contributed by atoms with Crippen LogP contribution in [0, 0.1) is 13.8 Å². The predicted octanol–water partition coefficient (Wildman–Crippen LogP) is 4.03. The van der Waals surface area contributed by atoms with Crippen LogP contribution in [0.5, 0.6) is 0 Å². The fourth-order valence-corrected chi connectivity index (χ4v) is 2.25. The number of hydrogen-bond acceptors (Lipinski definition) is 3. The van der Waals surface area contributed by atoms with Gasteiger partial charge >= 0.3 is 0 Å². The summed E-state index contributed by atoms with van der Waals surface area (Å²) in [7, 11) is 0. The molecule has 1 aromatic carbocycles. The lowest BCUT2D eigenvalue weighted by molar-refractivity contribution is 1.18. The SMILES string of the molecule is Cc1cc(CNc2ccc(C)c(Cl)c2)sn1. The molecule has 4 heteroatoms. The van der Waals surface area contributed by atoms with E-state index in [0.717, 1.165) is 28.5 Å². The minimum Gasteiger partial charge on any atom is -0.380 e. The Morgan fingerprint density at radius 2 is 2.12 bits per heavy atom. The van der Waals surface area contributed by atoms with E-state index in [1.807, 2.05) is 32.0 Å². The Bertz CT molecular complexity index is 494. The van der Waals surface area contributed by atoms with Crippen LogP contribution in [0.3, 0.4) is 0 Å². The summed E-state index contributed by atoms with van der Waals surface area (Å²) in [6.07, 6.45) is 0. The van der Waals surface area contributed by atoms with E-state index in [0.29, 0.717) is 0 Å². The van der Waals surface area contributed by atoms with E-state index in [2.05, 4.69) is 15.8 Å². The van der Waals surface area contributed by atoms with Crippen molar-refractivity contribution in [1.29, 1.82) is 0 Å². The molecule has 0 unspecified atom stereocenters. The van der Waals surface area contributed by atoms with E-state index < -0.39 is 0 Å². The molecule has 2 aromatic rings. The highest BCUT2D eigenvalue weighted by atomic mass is 35.5. The molecule has 2 rings (SSSR count). The molecule has 1 heterocycles. The monoisotopic (exact) mass is 252 g/mol. The van der Waals surface area contributed by atoms with Crippen molar-refractivity contribution in [2.75, 3.05) is 5.32 Å². The standard InChI is InChI=1S/C12H13ClN2S/c1-8-3-4-10(6-12(8)13)14-7-11-5-9(2)15-16-11/h3-6,14H,7H2,1-2H3. The first-order chi connectivity index (χ1) is 7.65. The predicted molar refractivity (Wildman–Crippen MR) is 70.4 cm³/mol. The van der Waals surface area contributed by atoms with E-state index in [1.165, 1.54) is 16.4 Å². The fraction of sp³-hybridized carbons (Fsp3) is 0.250. The lowest BCUT2D eigenvalue weighted by Crippen LogP contribution is -1.97. The van der Waals surface area contributed by atoms with Gasteiger partial charge < -0.3 is 5.32 Å². The molecule has 0 bridgehead atoms. The van der Waals surface area contributed by atoms with Gasteiger partial charge in [0.05, 0.1) is 12.2 Å². The van der Waals surface area contributed by atoms with Gasteiger partial charge in [-0.2, -0.15) is 4.37 Å². The number of hydrogen-bond donors (Lipinski definition) is 1. The molecule has 0 aliphatic heterocycles. The first kappa shape index (κ1) is 11.4. The Hall–Kier alpha value is -1.06. The van der Waals surface area contributed by atoms with Gasteiger partial charge in [-0.25, -0.2) is 0 Å². The Morgan fingerprint density at radius 3 is 2.75 bits per heavy atom. The van der Waals surface area contributed by atoms with Gasteiger partial charge in [0.15, 0.2) is 0 Å². The Balaban J connectivity index is 2.02. The topological polar surface area (TPSA) is 24.9 Å². The normalized spacial score (nSPS) is 10.4. The van der Waals surface area contributed by atoms with Gasteiger partial charge in [0.1, 0.15) is 0 Å². The number of nitrogens with one attached hydrogen (secondary N) is 1. The minimum atomic E-state index is 0.797. The van der Waals surface area contributed by atoms with E-state index in [4.69, 9.17) is 11.6 Å². The number of benzene rings is 1. The molecule has 0 fully saturated rings. The first-order valence-electron chi connectivity index (χ1n) is 5.07. The Kier molecular flexibility index (Phi) is 3.46. The van der Waals surface area contributed by atoms with Gasteiger partial charge in [-0.1, -0.05) is 17.7 Å². The van der Waals surface area contributed by atoms with Crippen molar-refractivity contribution < 1.29 is 0 Å². The zero-order valence-electron chi connectivity index (χ0n) is 9.25. The summed E-state index contributed by atoms with van der Waals surface area (Å²) in [4.78, 5) is 1.23. The second-order valence-electron chi connectivity index (χ2n) is 3.75. The van der Waals surface area contributed by atoms with Crippen LogP contribution in [-0.4, -0.2) is 4.37 Å². The van der Waals surface area contributed by atoms with Crippen molar-refractivity contribution in [2.45, 2.75) is 20.4 Å².